The zero-order valence-electron chi connectivity index (χ0n) is 14.5. The standard InChI is InChI=1S/C18H29NO6/c20-14-15(18(24)25)19-16(21)12-10-8-6-4-2-1-3-5-7-9-11-13-17(22)23/h2,4,8,10,15,20H,1,3,5-7,9,11-14H2,(H,19,21)(H,22,23)(H,24,25). The van der Waals surface area contributed by atoms with Crippen LogP contribution in [0, 0.1) is 0 Å². The summed E-state index contributed by atoms with van der Waals surface area (Å²) in [6.07, 6.45) is 14.5. The summed E-state index contributed by atoms with van der Waals surface area (Å²) in [5.74, 6) is -2.43. The summed E-state index contributed by atoms with van der Waals surface area (Å²) in [6.45, 7) is -0.632. The monoisotopic (exact) mass is 355 g/mol. The van der Waals surface area contributed by atoms with Crippen molar-refractivity contribution in [2.24, 2.45) is 0 Å². The van der Waals surface area contributed by atoms with Crippen LogP contribution in [-0.2, 0) is 14.4 Å². The minimum Gasteiger partial charge on any atom is -0.481 e. The van der Waals surface area contributed by atoms with Crippen LogP contribution in [0.5, 0.6) is 0 Å². The van der Waals surface area contributed by atoms with E-state index in [1.807, 2.05) is 12.2 Å². The van der Waals surface area contributed by atoms with Crippen LogP contribution in [0.25, 0.3) is 0 Å². The number of nitrogens with one attached hydrogen (secondary N) is 1. The van der Waals surface area contributed by atoms with Crippen molar-refractivity contribution >= 4 is 17.8 Å². The summed E-state index contributed by atoms with van der Waals surface area (Å²) in [5.41, 5.74) is 0. The van der Waals surface area contributed by atoms with Gasteiger partial charge in [-0.2, -0.15) is 0 Å². The number of allylic oxidation sites excluding steroid dienone is 3. The molecule has 0 aliphatic carbocycles. The van der Waals surface area contributed by atoms with Crippen molar-refractivity contribution in [1.29, 1.82) is 0 Å². The van der Waals surface area contributed by atoms with Crippen LogP contribution in [0.2, 0.25) is 0 Å². The smallest absolute Gasteiger partial charge is 0.328 e. The number of aliphatic hydroxyl groups excluding tert-OH is 1. The molecule has 0 radical (unpaired) electrons. The Bertz CT molecular complexity index is 458. The maximum atomic E-state index is 11.4. The maximum absolute atomic E-state index is 11.4. The Kier molecular flexibility index (Phi) is 14.1. The molecule has 1 atom stereocenters. The first kappa shape index (κ1) is 22.9. The zero-order chi connectivity index (χ0) is 18.9. The average molecular weight is 355 g/mol. The molecule has 0 aromatic carbocycles. The van der Waals surface area contributed by atoms with Crippen LogP contribution in [0.3, 0.4) is 0 Å². The summed E-state index contributed by atoms with van der Waals surface area (Å²) in [4.78, 5) is 32.4. The van der Waals surface area contributed by atoms with Crippen LogP contribution in [0.1, 0.15) is 57.8 Å². The average Bonchev–Trinajstić information content (AvgIpc) is 2.56. The normalized spacial score (nSPS) is 12.5. The molecular formula is C18H29NO6. The second kappa shape index (κ2) is 15.4. The number of hydrogen-bond donors (Lipinski definition) is 4. The highest BCUT2D eigenvalue weighted by Crippen LogP contribution is 2.07. The fraction of sp³-hybridized carbons (Fsp3) is 0.611. The van der Waals surface area contributed by atoms with Gasteiger partial charge in [-0.25, -0.2) is 4.79 Å². The number of rotatable bonds is 15. The number of hydrogen-bond acceptors (Lipinski definition) is 4. The van der Waals surface area contributed by atoms with Crippen molar-refractivity contribution in [3.63, 3.8) is 0 Å². The van der Waals surface area contributed by atoms with E-state index in [0.717, 1.165) is 38.5 Å². The van der Waals surface area contributed by atoms with Gasteiger partial charge in [0, 0.05) is 12.8 Å². The summed E-state index contributed by atoms with van der Waals surface area (Å²) < 4.78 is 0. The van der Waals surface area contributed by atoms with E-state index >= 15 is 0 Å². The molecule has 1 unspecified atom stereocenters. The van der Waals surface area contributed by atoms with E-state index in [9.17, 15) is 14.4 Å². The fourth-order valence-electron chi connectivity index (χ4n) is 2.09. The number of aliphatic carboxylic acids is 2. The van der Waals surface area contributed by atoms with Gasteiger partial charge in [-0.05, 0) is 25.7 Å². The number of unbranched alkanes of at least 4 members (excludes halogenated alkanes) is 5. The molecule has 0 aliphatic rings. The van der Waals surface area contributed by atoms with Gasteiger partial charge in [-0.3, -0.25) is 9.59 Å². The lowest BCUT2D eigenvalue weighted by Crippen LogP contribution is -2.43. The SMILES string of the molecule is O=C(O)CCCCCCCC=CCC=CCC(=O)NC(CO)C(=O)O. The Morgan fingerprint density at radius 3 is 2.16 bits per heavy atom. The Hall–Kier alpha value is -2.15. The summed E-state index contributed by atoms with van der Waals surface area (Å²) in [7, 11) is 0. The fourth-order valence-corrected chi connectivity index (χ4v) is 2.09. The highest BCUT2D eigenvalue weighted by molar-refractivity contribution is 5.84. The summed E-state index contributed by atoms with van der Waals surface area (Å²) in [6, 6.07) is -1.26. The van der Waals surface area contributed by atoms with Crippen molar-refractivity contribution in [3.8, 4) is 0 Å². The van der Waals surface area contributed by atoms with E-state index in [0.29, 0.717) is 6.42 Å². The molecule has 0 aromatic rings. The molecule has 0 aromatic heterocycles. The third kappa shape index (κ3) is 15.1. The first-order valence-corrected chi connectivity index (χ1v) is 8.62. The van der Waals surface area contributed by atoms with Gasteiger partial charge < -0.3 is 20.6 Å². The summed E-state index contributed by atoms with van der Waals surface area (Å²) in [5, 5.41) is 28.2. The van der Waals surface area contributed by atoms with E-state index < -0.39 is 30.5 Å². The van der Waals surface area contributed by atoms with Crippen LogP contribution in [0.15, 0.2) is 24.3 Å². The second-order valence-corrected chi connectivity index (χ2v) is 5.72. The maximum Gasteiger partial charge on any atom is 0.328 e. The molecule has 0 saturated heterocycles. The van der Waals surface area contributed by atoms with Crippen LogP contribution in [0.4, 0.5) is 0 Å². The molecule has 0 aliphatic heterocycles. The highest BCUT2D eigenvalue weighted by atomic mass is 16.4. The lowest BCUT2D eigenvalue weighted by atomic mass is 10.1. The van der Waals surface area contributed by atoms with E-state index in [4.69, 9.17) is 15.3 Å². The minimum atomic E-state index is -1.26. The third-order valence-corrected chi connectivity index (χ3v) is 3.49. The number of carbonyl (C=O) groups excluding carboxylic acids is 1. The minimum absolute atomic E-state index is 0.0773. The molecule has 7 heteroatoms. The van der Waals surface area contributed by atoms with E-state index in [-0.39, 0.29) is 12.8 Å². The quantitative estimate of drug-likeness (QED) is 0.264. The van der Waals surface area contributed by atoms with Gasteiger partial charge in [-0.1, -0.05) is 43.6 Å². The highest BCUT2D eigenvalue weighted by Gasteiger charge is 2.17. The molecule has 0 saturated carbocycles. The Morgan fingerprint density at radius 1 is 0.880 bits per heavy atom. The molecular weight excluding hydrogens is 326 g/mol. The number of carboxylic acid groups (broad SMARTS) is 2. The lowest BCUT2D eigenvalue weighted by Gasteiger charge is -2.10. The predicted octanol–water partition coefficient (Wildman–Crippen LogP) is 2.26. The topological polar surface area (TPSA) is 124 Å². The molecule has 7 nitrogen and oxygen atoms in total. The second-order valence-electron chi connectivity index (χ2n) is 5.72. The van der Waals surface area contributed by atoms with Crippen molar-refractivity contribution in [3.05, 3.63) is 24.3 Å². The predicted molar refractivity (Wildman–Crippen MR) is 94.1 cm³/mol. The van der Waals surface area contributed by atoms with E-state index in [1.54, 1.807) is 6.08 Å². The largest absolute Gasteiger partial charge is 0.481 e. The van der Waals surface area contributed by atoms with Crippen molar-refractivity contribution in [2.45, 2.75) is 63.8 Å². The van der Waals surface area contributed by atoms with E-state index in [2.05, 4.69) is 11.4 Å². The van der Waals surface area contributed by atoms with Gasteiger partial charge in [0.05, 0.1) is 6.61 Å². The Labute approximate surface area is 148 Å². The summed E-state index contributed by atoms with van der Waals surface area (Å²) >= 11 is 0. The number of aliphatic hydroxyl groups is 1. The molecule has 4 N–H and O–H groups in total. The van der Waals surface area contributed by atoms with Gasteiger partial charge in [0.15, 0.2) is 0 Å². The number of carbonyl (C=O) groups is 3. The molecule has 0 heterocycles. The zero-order valence-corrected chi connectivity index (χ0v) is 14.5. The number of carboxylic acids is 2. The van der Waals surface area contributed by atoms with Crippen molar-refractivity contribution < 1.29 is 29.7 Å². The Balaban J connectivity index is 3.58. The number of amides is 1. The van der Waals surface area contributed by atoms with Gasteiger partial charge in [0.2, 0.25) is 5.91 Å². The van der Waals surface area contributed by atoms with Gasteiger partial charge in [0.25, 0.3) is 0 Å². The molecule has 0 fully saturated rings. The van der Waals surface area contributed by atoms with Crippen LogP contribution in [-0.4, -0.2) is 45.8 Å². The van der Waals surface area contributed by atoms with Crippen LogP contribution >= 0.6 is 0 Å². The molecule has 142 valence electrons. The molecule has 0 bridgehead atoms. The third-order valence-electron chi connectivity index (χ3n) is 3.49. The lowest BCUT2D eigenvalue weighted by molar-refractivity contribution is -0.142. The van der Waals surface area contributed by atoms with Crippen molar-refractivity contribution in [2.75, 3.05) is 6.61 Å². The van der Waals surface area contributed by atoms with Gasteiger partial charge in [-0.15, -0.1) is 0 Å². The van der Waals surface area contributed by atoms with E-state index in [1.165, 1.54) is 0 Å². The first-order chi connectivity index (χ1) is 12.0. The molecule has 25 heavy (non-hydrogen) atoms. The molecule has 1 amide bonds. The van der Waals surface area contributed by atoms with Crippen LogP contribution < -0.4 is 5.32 Å². The van der Waals surface area contributed by atoms with Gasteiger partial charge in [0.1, 0.15) is 6.04 Å². The first-order valence-electron chi connectivity index (χ1n) is 8.62. The van der Waals surface area contributed by atoms with Crippen molar-refractivity contribution in [1.82, 2.24) is 5.32 Å². The Morgan fingerprint density at radius 2 is 1.52 bits per heavy atom. The molecule has 0 rings (SSSR count). The molecule has 0 spiro atoms. The van der Waals surface area contributed by atoms with Gasteiger partial charge >= 0.3 is 11.9 Å².